The Kier molecular flexibility index (Phi) is 3.99. The minimum Gasteiger partial charge on any atom is -0.340 e. The second kappa shape index (κ2) is 6.31. The molecule has 0 radical (unpaired) electrons. The maximum atomic E-state index is 12.6. The summed E-state index contributed by atoms with van der Waals surface area (Å²) < 4.78 is 1.98. The Bertz CT molecular complexity index is 1030. The minimum atomic E-state index is 0.0906. The molecule has 6 heteroatoms. The number of fused-ring (bicyclic) bond motifs is 2. The van der Waals surface area contributed by atoms with E-state index in [1.54, 1.807) is 0 Å². The van der Waals surface area contributed by atoms with E-state index in [1.165, 1.54) is 11.3 Å². The third-order valence-electron chi connectivity index (χ3n) is 7.32. The largest absolute Gasteiger partial charge is 0.340 e. The minimum absolute atomic E-state index is 0.0906. The van der Waals surface area contributed by atoms with E-state index in [0.717, 1.165) is 80.9 Å². The first-order valence-corrected chi connectivity index (χ1v) is 10.4. The van der Waals surface area contributed by atoms with Crippen LogP contribution in [0.15, 0.2) is 10.9 Å². The van der Waals surface area contributed by atoms with Crippen LogP contribution in [-0.4, -0.2) is 32.5 Å². The van der Waals surface area contributed by atoms with E-state index < -0.39 is 0 Å². The lowest BCUT2D eigenvalue weighted by Crippen LogP contribution is -2.42. The molecule has 0 amide bonds. The lowest BCUT2D eigenvalue weighted by molar-refractivity contribution is 0.149. The van der Waals surface area contributed by atoms with Gasteiger partial charge in [-0.25, -0.2) is 4.98 Å². The van der Waals surface area contributed by atoms with Crippen molar-refractivity contribution >= 4 is 0 Å². The fourth-order valence-corrected chi connectivity index (χ4v) is 5.12. The molecule has 2 aromatic rings. The van der Waals surface area contributed by atoms with E-state index in [9.17, 15) is 10.1 Å². The van der Waals surface area contributed by atoms with Gasteiger partial charge >= 0.3 is 0 Å². The van der Waals surface area contributed by atoms with E-state index in [1.807, 2.05) is 17.7 Å². The van der Waals surface area contributed by atoms with Crippen molar-refractivity contribution in [1.29, 1.82) is 5.26 Å². The molecule has 0 aromatic carbocycles. The number of rotatable bonds is 3. The molecular weight excluding hydrogens is 350 g/mol. The molecule has 3 aliphatic rings. The molecular formula is C22H27N5O. The summed E-state index contributed by atoms with van der Waals surface area (Å²) in [5, 5.41) is 9.26. The first-order valence-electron chi connectivity index (χ1n) is 10.4. The molecule has 1 aliphatic heterocycles. The Morgan fingerprint density at radius 2 is 2.07 bits per heavy atom. The van der Waals surface area contributed by atoms with Crippen LogP contribution in [0.2, 0.25) is 0 Å². The number of aromatic amines is 1. The Morgan fingerprint density at radius 1 is 1.32 bits per heavy atom. The third kappa shape index (κ3) is 2.72. The average molecular weight is 377 g/mol. The number of aromatic nitrogens is 3. The van der Waals surface area contributed by atoms with Crippen molar-refractivity contribution < 1.29 is 0 Å². The fraction of sp³-hybridized carbons (Fsp3) is 0.591. The molecule has 6 nitrogen and oxygen atoms in total. The Hall–Kier alpha value is -2.39. The highest BCUT2D eigenvalue weighted by Gasteiger charge is 2.44. The molecule has 0 bridgehead atoms. The Balaban J connectivity index is 1.35. The van der Waals surface area contributed by atoms with Crippen molar-refractivity contribution in [3.05, 3.63) is 50.5 Å². The summed E-state index contributed by atoms with van der Waals surface area (Å²) in [7, 11) is 1.96. The molecule has 146 valence electrons. The van der Waals surface area contributed by atoms with Crippen LogP contribution in [0.25, 0.3) is 0 Å². The summed E-state index contributed by atoms with van der Waals surface area (Å²) in [5.41, 5.74) is 5.39. The van der Waals surface area contributed by atoms with Gasteiger partial charge in [-0.1, -0.05) is 0 Å². The summed E-state index contributed by atoms with van der Waals surface area (Å²) in [4.78, 5) is 23.1. The number of hydrogen-bond acceptors (Lipinski definition) is 4. The highest BCUT2D eigenvalue weighted by atomic mass is 16.1. The van der Waals surface area contributed by atoms with Crippen LogP contribution >= 0.6 is 0 Å². The van der Waals surface area contributed by atoms with Gasteiger partial charge in [0.1, 0.15) is 17.6 Å². The van der Waals surface area contributed by atoms with Crippen molar-refractivity contribution in [2.45, 2.75) is 63.3 Å². The summed E-state index contributed by atoms with van der Waals surface area (Å²) in [6, 6.07) is 4.29. The Labute approximate surface area is 165 Å². The van der Waals surface area contributed by atoms with E-state index in [0.29, 0.717) is 5.92 Å². The number of hydrogen-bond donors (Lipinski definition) is 1. The standard InChI is InChI=1S/C22H27N5O/c1-14-16(11-17(12-23)26(14)2)13-27-9-7-22(8-10-27)6-5-18-19(22)24-20(15-3-4-15)25-21(18)28/h11,15H,3-10,13H2,1-2H3,(H,24,25,28). The topological polar surface area (TPSA) is 77.7 Å². The van der Waals surface area contributed by atoms with Crippen LogP contribution in [0, 0.1) is 18.3 Å². The molecule has 2 aromatic heterocycles. The van der Waals surface area contributed by atoms with Crippen LogP contribution in [0.5, 0.6) is 0 Å². The van der Waals surface area contributed by atoms with Crippen molar-refractivity contribution in [3.8, 4) is 6.07 Å². The molecule has 1 N–H and O–H groups in total. The number of nitriles is 1. The van der Waals surface area contributed by atoms with E-state index in [4.69, 9.17) is 4.98 Å². The van der Waals surface area contributed by atoms with Gasteiger partial charge in [0, 0.05) is 36.2 Å². The highest BCUT2D eigenvalue weighted by Crippen LogP contribution is 2.46. The van der Waals surface area contributed by atoms with Gasteiger partial charge in [0.2, 0.25) is 0 Å². The lowest BCUT2D eigenvalue weighted by Gasteiger charge is -2.39. The highest BCUT2D eigenvalue weighted by molar-refractivity contribution is 5.36. The summed E-state index contributed by atoms with van der Waals surface area (Å²) in [6.45, 7) is 5.01. The summed E-state index contributed by atoms with van der Waals surface area (Å²) >= 11 is 0. The number of nitrogens with one attached hydrogen (secondary N) is 1. The van der Waals surface area contributed by atoms with Crippen LogP contribution in [0.1, 0.15) is 72.1 Å². The molecule has 0 atom stereocenters. The molecule has 0 unspecified atom stereocenters. The van der Waals surface area contributed by atoms with E-state index >= 15 is 0 Å². The maximum Gasteiger partial charge on any atom is 0.254 e. The van der Waals surface area contributed by atoms with Crippen molar-refractivity contribution in [2.24, 2.45) is 7.05 Å². The monoisotopic (exact) mass is 377 g/mol. The third-order valence-corrected chi connectivity index (χ3v) is 7.32. The predicted octanol–water partition coefficient (Wildman–Crippen LogP) is 2.65. The second-order valence-electron chi connectivity index (χ2n) is 8.92. The fourth-order valence-electron chi connectivity index (χ4n) is 5.12. The van der Waals surface area contributed by atoms with Crippen LogP contribution in [0.3, 0.4) is 0 Å². The summed E-state index contributed by atoms with van der Waals surface area (Å²) in [5.74, 6) is 1.41. The normalized spacial score (nSPS) is 21.0. The van der Waals surface area contributed by atoms with Gasteiger partial charge in [0.25, 0.3) is 5.56 Å². The number of nitrogens with zero attached hydrogens (tertiary/aromatic N) is 4. The lowest BCUT2D eigenvalue weighted by atomic mass is 9.76. The van der Waals surface area contributed by atoms with Crippen molar-refractivity contribution in [1.82, 2.24) is 19.4 Å². The number of H-pyrrole nitrogens is 1. The summed E-state index contributed by atoms with van der Waals surface area (Å²) in [6.07, 6.45) is 6.37. The average Bonchev–Trinajstić information content (AvgIpc) is 3.44. The van der Waals surface area contributed by atoms with Crippen LogP contribution in [-0.2, 0) is 25.4 Å². The van der Waals surface area contributed by atoms with Crippen molar-refractivity contribution in [2.75, 3.05) is 13.1 Å². The Morgan fingerprint density at radius 3 is 2.71 bits per heavy atom. The van der Waals surface area contributed by atoms with Crippen LogP contribution < -0.4 is 5.56 Å². The van der Waals surface area contributed by atoms with Gasteiger partial charge < -0.3 is 9.55 Å². The molecule has 28 heavy (non-hydrogen) atoms. The zero-order valence-electron chi connectivity index (χ0n) is 16.7. The van der Waals surface area contributed by atoms with Gasteiger partial charge in [-0.2, -0.15) is 5.26 Å². The maximum absolute atomic E-state index is 12.6. The zero-order chi connectivity index (χ0) is 19.5. The molecule has 2 fully saturated rings. The van der Waals surface area contributed by atoms with Crippen molar-refractivity contribution in [3.63, 3.8) is 0 Å². The molecule has 1 saturated carbocycles. The first kappa shape index (κ1) is 17.7. The van der Waals surface area contributed by atoms with Gasteiger partial charge in [-0.15, -0.1) is 0 Å². The predicted molar refractivity (Wildman–Crippen MR) is 106 cm³/mol. The van der Waals surface area contributed by atoms with Gasteiger partial charge in [0.15, 0.2) is 0 Å². The SMILES string of the molecule is Cc1c(CN2CCC3(CCc4c3nc(C3CC3)[nH]c4=O)CC2)cc(C#N)n1C. The number of likely N-dealkylation sites (tertiary alicyclic amines) is 1. The quantitative estimate of drug-likeness (QED) is 0.892. The number of piperidine rings is 1. The van der Waals surface area contributed by atoms with Gasteiger partial charge in [0.05, 0.1) is 5.69 Å². The molecule has 2 aliphatic carbocycles. The second-order valence-corrected chi connectivity index (χ2v) is 8.92. The molecule has 5 rings (SSSR count). The smallest absolute Gasteiger partial charge is 0.254 e. The molecule has 1 spiro atoms. The first-order chi connectivity index (χ1) is 13.5. The molecule has 3 heterocycles. The van der Waals surface area contributed by atoms with E-state index in [-0.39, 0.29) is 11.0 Å². The van der Waals surface area contributed by atoms with E-state index in [2.05, 4.69) is 22.9 Å². The van der Waals surface area contributed by atoms with Crippen LogP contribution in [0.4, 0.5) is 0 Å². The zero-order valence-corrected chi connectivity index (χ0v) is 16.7. The molecule has 1 saturated heterocycles. The van der Waals surface area contributed by atoms with Gasteiger partial charge in [-0.05, 0) is 70.2 Å². The van der Waals surface area contributed by atoms with Gasteiger partial charge in [-0.3, -0.25) is 9.69 Å².